The van der Waals surface area contributed by atoms with Crippen molar-refractivity contribution in [1.29, 1.82) is 0 Å². The van der Waals surface area contributed by atoms with E-state index in [-0.39, 0.29) is 13.2 Å². The number of aliphatic hydroxyl groups is 1. The Kier molecular flexibility index (Phi) is 3.85. The minimum Gasteiger partial charge on any atom is -0.388 e. The van der Waals surface area contributed by atoms with Gasteiger partial charge in [0.05, 0.1) is 16.6 Å². The molecule has 3 aromatic rings. The van der Waals surface area contributed by atoms with Crippen LogP contribution in [0.4, 0.5) is 13.2 Å². The fraction of sp³-hybridized carbons (Fsp3) is 0.235. The Bertz CT molecular complexity index is 853. The van der Waals surface area contributed by atoms with Crippen molar-refractivity contribution in [2.45, 2.75) is 26.3 Å². The third-order valence-electron chi connectivity index (χ3n) is 3.88. The fourth-order valence-electron chi connectivity index (χ4n) is 2.61. The number of hydrogen-bond acceptors (Lipinski definition) is 2. The van der Waals surface area contributed by atoms with Crippen LogP contribution in [0.3, 0.4) is 0 Å². The molecular weight excluding hydrogens is 305 g/mol. The number of halogens is 3. The first-order valence-electron chi connectivity index (χ1n) is 7.12. The van der Waals surface area contributed by atoms with Gasteiger partial charge in [0.25, 0.3) is 0 Å². The summed E-state index contributed by atoms with van der Waals surface area (Å²) >= 11 is 0. The Morgan fingerprint density at radius 2 is 1.87 bits per heavy atom. The number of aromatic nitrogens is 2. The number of fused-ring (bicyclic) bond motifs is 1. The number of para-hydroxylation sites is 2. The van der Waals surface area contributed by atoms with Gasteiger partial charge in [0.2, 0.25) is 0 Å². The predicted molar refractivity (Wildman–Crippen MR) is 80.9 cm³/mol. The maximum atomic E-state index is 12.9. The maximum Gasteiger partial charge on any atom is 0.416 e. The Morgan fingerprint density at radius 1 is 1.13 bits per heavy atom. The van der Waals surface area contributed by atoms with Gasteiger partial charge in [-0.05, 0) is 42.3 Å². The van der Waals surface area contributed by atoms with Crippen LogP contribution < -0.4 is 0 Å². The fourth-order valence-corrected chi connectivity index (χ4v) is 2.61. The lowest BCUT2D eigenvalue weighted by Gasteiger charge is -2.14. The van der Waals surface area contributed by atoms with E-state index in [9.17, 15) is 18.3 Å². The highest BCUT2D eigenvalue weighted by atomic mass is 19.4. The van der Waals surface area contributed by atoms with Crippen molar-refractivity contribution >= 4 is 11.0 Å². The van der Waals surface area contributed by atoms with Gasteiger partial charge in [-0.2, -0.15) is 13.2 Å². The van der Waals surface area contributed by atoms with Crippen molar-refractivity contribution in [2.75, 3.05) is 0 Å². The number of benzene rings is 2. The molecule has 0 amide bonds. The molecule has 0 bridgehead atoms. The topological polar surface area (TPSA) is 38.0 Å². The zero-order valence-electron chi connectivity index (χ0n) is 12.4. The van der Waals surface area contributed by atoms with Gasteiger partial charge < -0.3 is 9.67 Å². The number of aliphatic hydroxyl groups excluding tert-OH is 1. The molecule has 0 spiro atoms. The van der Waals surface area contributed by atoms with Gasteiger partial charge in [-0.25, -0.2) is 4.98 Å². The van der Waals surface area contributed by atoms with E-state index in [0.717, 1.165) is 23.2 Å². The number of hydrogen-bond donors (Lipinski definition) is 1. The maximum absolute atomic E-state index is 12.9. The molecule has 0 aliphatic heterocycles. The molecule has 3 rings (SSSR count). The van der Waals surface area contributed by atoms with Gasteiger partial charge >= 0.3 is 6.18 Å². The highest BCUT2D eigenvalue weighted by molar-refractivity contribution is 5.76. The van der Waals surface area contributed by atoms with E-state index >= 15 is 0 Å². The third kappa shape index (κ3) is 2.94. The van der Waals surface area contributed by atoms with Crippen molar-refractivity contribution in [3.8, 4) is 0 Å². The highest BCUT2D eigenvalue weighted by Gasteiger charge is 2.30. The molecule has 0 radical (unpaired) electrons. The first-order valence-corrected chi connectivity index (χ1v) is 7.12. The van der Waals surface area contributed by atoms with Gasteiger partial charge in [-0.1, -0.05) is 18.2 Å². The second kappa shape index (κ2) is 5.70. The molecule has 23 heavy (non-hydrogen) atoms. The summed E-state index contributed by atoms with van der Waals surface area (Å²) in [6.45, 7) is 1.73. The molecule has 0 atom stereocenters. The van der Waals surface area contributed by atoms with Gasteiger partial charge in [0, 0.05) is 6.54 Å². The second-order valence-corrected chi connectivity index (χ2v) is 5.40. The molecule has 0 fully saturated rings. The highest BCUT2D eigenvalue weighted by Crippen LogP contribution is 2.31. The molecule has 3 nitrogen and oxygen atoms in total. The van der Waals surface area contributed by atoms with Crippen LogP contribution in [0.15, 0.2) is 42.5 Å². The Labute approximate surface area is 131 Å². The van der Waals surface area contributed by atoms with Gasteiger partial charge in [-0.15, -0.1) is 0 Å². The van der Waals surface area contributed by atoms with Crippen molar-refractivity contribution in [1.82, 2.24) is 9.55 Å². The molecule has 1 aromatic heterocycles. The average Bonchev–Trinajstić information content (AvgIpc) is 2.86. The van der Waals surface area contributed by atoms with Crippen LogP contribution in [-0.4, -0.2) is 14.7 Å². The summed E-state index contributed by atoms with van der Waals surface area (Å²) in [4.78, 5) is 4.32. The normalized spacial score (nSPS) is 12.0. The molecule has 1 N–H and O–H groups in total. The summed E-state index contributed by atoms with van der Waals surface area (Å²) in [6.07, 6.45) is -4.38. The summed E-state index contributed by atoms with van der Waals surface area (Å²) in [5.74, 6) is 0.433. The monoisotopic (exact) mass is 320 g/mol. The smallest absolute Gasteiger partial charge is 0.388 e. The minimum atomic E-state index is -4.38. The van der Waals surface area contributed by atoms with E-state index in [0.29, 0.717) is 16.9 Å². The van der Waals surface area contributed by atoms with E-state index in [4.69, 9.17) is 0 Å². The predicted octanol–water partition coefficient (Wildman–Crippen LogP) is 3.90. The lowest BCUT2D eigenvalue weighted by molar-refractivity contribution is -0.137. The first kappa shape index (κ1) is 15.6. The third-order valence-corrected chi connectivity index (χ3v) is 3.88. The molecule has 6 heteroatoms. The van der Waals surface area contributed by atoms with Crippen molar-refractivity contribution < 1.29 is 18.3 Å². The standard InChI is InChI=1S/C17H15F3N2O/c1-11-6-7-13(17(18,19)20)8-12(11)9-22-15-5-3-2-4-14(15)21-16(22)10-23/h2-8,23H,9-10H2,1H3. The van der Waals surface area contributed by atoms with Gasteiger partial charge in [0.15, 0.2) is 0 Å². The first-order chi connectivity index (χ1) is 10.9. The lowest BCUT2D eigenvalue weighted by atomic mass is 10.0. The van der Waals surface area contributed by atoms with Crippen LogP contribution in [0.5, 0.6) is 0 Å². The second-order valence-electron chi connectivity index (χ2n) is 5.40. The Hall–Kier alpha value is -2.34. The summed E-state index contributed by atoms with van der Waals surface area (Å²) in [5.41, 5.74) is 2.14. The van der Waals surface area contributed by atoms with Crippen LogP contribution in [0.1, 0.15) is 22.5 Å². The minimum absolute atomic E-state index is 0.228. The van der Waals surface area contributed by atoms with Gasteiger partial charge in [0.1, 0.15) is 12.4 Å². The molecule has 0 unspecified atom stereocenters. The summed E-state index contributed by atoms with van der Waals surface area (Å²) < 4.78 is 40.5. The van der Waals surface area contributed by atoms with E-state index in [1.807, 2.05) is 24.3 Å². The average molecular weight is 320 g/mol. The van der Waals surface area contributed by atoms with Crippen molar-refractivity contribution in [2.24, 2.45) is 0 Å². The number of imidazole rings is 1. The molecule has 2 aromatic carbocycles. The van der Waals surface area contributed by atoms with E-state index < -0.39 is 11.7 Å². The molecule has 0 aliphatic carbocycles. The number of rotatable bonds is 3. The number of alkyl halides is 3. The van der Waals surface area contributed by atoms with E-state index in [1.165, 1.54) is 6.07 Å². The number of aryl methyl sites for hydroxylation is 1. The molecule has 0 saturated carbocycles. The van der Waals surface area contributed by atoms with Gasteiger partial charge in [-0.3, -0.25) is 0 Å². The molecule has 120 valence electrons. The summed E-state index contributed by atoms with van der Waals surface area (Å²) in [6, 6.07) is 11.0. The number of nitrogens with zero attached hydrogens (tertiary/aromatic N) is 2. The van der Waals surface area contributed by atoms with Crippen LogP contribution in [0, 0.1) is 6.92 Å². The van der Waals surface area contributed by atoms with Crippen LogP contribution in [-0.2, 0) is 19.3 Å². The van der Waals surface area contributed by atoms with E-state index in [1.54, 1.807) is 11.5 Å². The summed E-state index contributed by atoms with van der Waals surface area (Å²) in [7, 11) is 0. The summed E-state index contributed by atoms with van der Waals surface area (Å²) in [5, 5.41) is 9.49. The Balaban J connectivity index is 2.09. The van der Waals surface area contributed by atoms with Crippen molar-refractivity contribution in [3.63, 3.8) is 0 Å². The molecule has 1 heterocycles. The van der Waals surface area contributed by atoms with Crippen molar-refractivity contribution in [3.05, 3.63) is 65.0 Å². The quantitative estimate of drug-likeness (QED) is 0.795. The molecule has 0 saturated heterocycles. The SMILES string of the molecule is Cc1ccc(C(F)(F)F)cc1Cn1c(CO)nc2ccccc21. The lowest BCUT2D eigenvalue weighted by Crippen LogP contribution is -2.10. The Morgan fingerprint density at radius 3 is 2.57 bits per heavy atom. The molecule has 0 aliphatic rings. The zero-order chi connectivity index (χ0) is 16.6. The largest absolute Gasteiger partial charge is 0.416 e. The van der Waals surface area contributed by atoms with Crippen LogP contribution in [0.2, 0.25) is 0 Å². The van der Waals surface area contributed by atoms with Crippen LogP contribution in [0.25, 0.3) is 11.0 Å². The van der Waals surface area contributed by atoms with E-state index in [2.05, 4.69) is 4.98 Å². The zero-order valence-corrected chi connectivity index (χ0v) is 12.4. The van der Waals surface area contributed by atoms with Crippen LogP contribution >= 0.6 is 0 Å². The molecular formula is C17H15F3N2O.